The molecule has 0 saturated carbocycles. The smallest absolute Gasteiger partial charge is 0.273 e. The van der Waals surface area contributed by atoms with Crippen molar-refractivity contribution >= 4 is 11.9 Å². The molecule has 6 nitrogen and oxygen atoms in total. The predicted molar refractivity (Wildman–Crippen MR) is 75.2 cm³/mol. The Morgan fingerprint density at radius 3 is 2.52 bits per heavy atom. The van der Waals surface area contributed by atoms with E-state index in [0.29, 0.717) is 11.1 Å². The second kappa shape index (κ2) is 6.60. The number of hydrogen-bond donors (Lipinski definition) is 4. The number of imide groups is 1. The maximum absolute atomic E-state index is 13.3. The Kier molecular flexibility index (Phi) is 4.60. The first kappa shape index (κ1) is 14.6. The fourth-order valence-electron chi connectivity index (χ4n) is 1.86. The lowest BCUT2D eigenvalue weighted by Crippen LogP contribution is -2.49. The van der Waals surface area contributed by atoms with E-state index in [-0.39, 0.29) is 5.56 Å². The molecule has 2 aromatic carbocycles. The molecule has 2 rings (SSSR count). The molecule has 0 saturated heterocycles. The van der Waals surface area contributed by atoms with E-state index in [1.165, 1.54) is 12.1 Å². The minimum Gasteiger partial charge on any atom is -0.273 e. The Morgan fingerprint density at radius 1 is 1.05 bits per heavy atom. The summed E-state index contributed by atoms with van der Waals surface area (Å²) in [5.41, 5.74) is 5.23. The first-order valence-corrected chi connectivity index (χ1v) is 6.03. The monoisotopic (exact) mass is 288 g/mol. The summed E-state index contributed by atoms with van der Waals surface area (Å²) in [5.74, 6) is 3.87. The molecule has 0 aliphatic carbocycles. The lowest BCUT2D eigenvalue weighted by molar-refractivity contribution is 0.0963. The Labute approximate surface area is 120 Å². The summed E-state index contributed by atoms with van der Waals surface area (Å²) in [5, 5.41) is 2.10. The summed E-state index contributed by atoms with van der Waals surface area (Å²) in [6.45, 7) is 0. The lowest BCUT2D eigenvalue weighted by atomic mass is 9.99. The molecule has 0 aliphatic heterocycles. The van der Waals surface area contributed by atoms with Crippen LogP contribution in [0.1, 0.15) is 10.4 Å². The highest BCUT2D eigenvalue weighted by atomic mass is 19.1. The van der Waals surface area contributed by atoms with Crippen LogP contribution in [-0.4, -0.2) is 11.9 Å². The average molecular weight is 288 g/mol. The van der Waals surface area contributed by atoms with Gasteiger partial charge in [0.2, 0.25) is 0 Å². The molecule has 0 aromatic heterocycles. The van der Waals surface area contributed by atoms with Crippen LogP contribution in [0.25, 0.3) is 11.1 Å². The molecule has 0 heterocycles. The Morgan fingerprint density at radius 2 is 1.81 bits per heavy atom. The molecule has 0 unspecified atom stereocenters. The number of halogens is 1. The van der Waals surface area contributed by atoms with Crippen LogP contribution in [0, 0.1) is 5.82 Å². The molecule has 21 heavy (non-hydrogen) atoms. The summed E-state index contributed by atoms with van der Waals surface area (Å²) in [7, 11) is 0. The number of nitrogens with one attached hydrogen (secondary N) is 3. The number of hydrazine groups is 2. The van der Waals surface area contributed by atoms with E-state index in [9.17, 15) is 14.0 Å². The molecule has 5 N–H and O–H groups in total. The van der Waals surface area contributed by atoms with Gasteiger partial charge in [-0.2, -0.15) is 5.53 Å². The third-order valence-corrected chi connectivity index (χ3v) is 2.72. The predicted octanol–water partition coefficient (Wildman–Crippen LogP) is 1.31. The summed E-state index contributed by atoms with van der Waals surface area (Å²) < 4.78 is 13.3. The van der Waals surface area contributed by atoms with E-state index in [1.54, 1.807) is 36.4 Å². The zero-order chi connectivity index (χ0) is 15.2. The van der Waals surface area contributed by atoms with Crippen LogP contribution in [0.2, 0.25) is 0 Å². The number of carbonyl (C=O) groups excluding carboxylic acids is 2. The SMILES string of the molecule is NNNC(=O)NC(=O)c1ccccc1-c1cccc(F)c1. The summed E-state index contributed by atoms with van der Waals surface area (Å²) in [4.78, 5) is 23.4. The van der Waals surface area contributed by atoms with Gasteiger partial charge in [0.25, 0.3) is 5.91 Å². The number of nitrogens with two attached hydrogens (primary N) is 1. The van der Waals surface area contributed by atoms with E-state index in [0.717, 1.165) is 0 Å². The van der Waals surface area contributed by atoms with Crippen LogP contribution >= 0.6 is 0 Å². The van der Waals surface area contributed by atoms with Crippen molar-refractivity contribution in [3.8, 4) is 11.1 Å². The fraction of sp³-hybridized carbons (Fsp3) is 0. The highest BCUT2D eigenvalue weighted by Gasteiger charge is 2.14. The molecule has 0 fully saturated rings. The van der Waals surface area contributed by atoms with Gasteiger partial charge in [-0.25, -0.2) is 9.18 Å². The largest absolute Gasteiger partial charge is 0.337 e. The molecule has 0 bridgehead atoms. The molecular weight excluding hydrogens is 275 g/mol. The van der Waals surface area contributed by atoms with Gasteiger partial charge < -0.3 is 0 Å². The summed E-state index contributed by atoms with van der Waals surface area (Å²) in [6.07, 6.45) is 0. The van der Waals surface area contributed by atoms with Crippen molar-refractivity contribution in [3.05, 3.63) is 59.9 Å². The van der Waals surface area contributed by atoms with Gasteiger partial charge in [-0.05, 0) is 29.3 Å². The van der Waals surface area contributed by atoms with E-state index < -0.39 is 17.8 Å². The molecule has 0 atom stereocenters. The minimum atomic E-state index is -0.795. The van der Waals surface area contributed by atoms with Gasteiger partial charge >= 0.3 is 6.03 Å². The normalized spacial score (nSPS) is 10.0. The van der Waals surface area contributed by atoms with E-state index in [2.05, 4.69) is 5.32 Å². The van der Waals surface area contributed by atoms with E-state index in [4.69, 9.17) is 5.84 Å². The highest BCUT2D eigenvalue weighted by molar-refractivity contribution is 6.07. The third-order valence-electron chi connectivity index (χ3n) is 2.72. The Balaban J connectivity index is 2.33. The second-order valence-corrected chi connectivity index (χ2v) is 4.11. The van der Waals surface area contributed by atoms with Crippen LogP contribution in [0.4, 0.5) is 9.18 Å². The van der Waals surface area contributed by atoms with Crippen molar-refractivity contribution < 1.29 is 14.0 Å². The van der Waals surface area contributed by atoms with Gasteiger partial charge in [-0.1, -0.05) is 30.3 Å². The van der Waals surface area contributed by atoms with Gasteiger partial charge in [0.1, 0.15) is 5.82 Å². The number of urea groups is 1. The summed E-state index contributed by atoms with van der Waals surface area (Å²) in [6, 6.07) is 11.6. The van der Waals surface area contributed by atoms with Crippen molar-refractivity contribution in [2.24, 2.45) is 5.84 Å². The number of amides is 3. The quantitative estimate of drug-likeness (QED) is 0.506. The first-order chi connectivity index (χ1) is 10.1. The zero-order valence-electron chi connectivity index (χ0n) is 10.9. The number of rotatable bonds is 3. The zero-order valence-corrected chi connectivity index (χ0v) is 10.9. The van der Waals surface area contributed by atoms with Crippen molar-refractivity contribution in [1.29, 1.82) is 0 Å². The van der Waals surface area contributed by atoms with Gasteiger partial charge in [0.05, 0.1) is 0 Å². The second-order valence-electron chi connectivity index (χ2n) is 4.11. The van der Waals surface area contributed by atoms with Crippen molar-refractivity contribution in [2.75, 3.05) is 0 Å². The number of carbonyl (C=O) groups is 2. The molecular formula is C14H13FN4O2. The molecule has 108 valence electrons. The maximum atomic E-state index is 13.3. The van der Waals surface area contributed by atoms with Gasteiger partial charge in [-0.15, -0.1) is 0 Å². The summed E-state index contributed by atoms with van der Waals surface area (Å²) >= 11 is 0. The van der Waals surface area contributed by atoms with Gasteiger partial charge in [0.15, 0.2) is 0 Å². The van der Waals surface area contributed by atoms with Crippen LogP contribution in [-0.2, 0) is 0 Å². The average Bonchev–Trinajstić information content (AvgIpc) is 2.47. The fourth-order valence-corrected chi connectivity index (χ4v) is 1.86. The van der Waals surface area contributed by atoms with Gasteiger partial charge in [-0.3, -0.25) is 21.4 Å². The molecule has 7 heteroatoms. The van der Waals surface area contributed by atoms with Crippen molar-refractivity contribution in [2.45, 2.75) is 0 Å². The third kappa shape index (κ3) is 3.62. The van der Waals surface area contributed by atoms with E-state index >= 15 is 0 Å². The van der Waals surface area contributed by atoms with Crippen LogP contribution in [0.5, 0.6) is 0 Å². The van der Waals surface area contributed by atoms with Crippen LogP contribution < -0.4 is 22.1 Å². The van der Waals surface area contributed by atoms with Crippen LogP contribution in [0.15, 0.2) is 48.5 Å². The first-order valence-electron chi connectivity index (χ1n) is 6.03. The minimum absolute atomic E-state index is 0.246. The number of benzene rings is 2. The Hall–Kier alpha value is -2.77. The highest BCUT2D eigenvalue weighted by Crippen LogP contribution is 2.24. The standard InChI is InChI=1S/C14H13FN4O2/c15-10-5-3-4-9(8-10)11-6-1-2-7-12(11)13(20)17-14(21)18-19-16/h1-8,19H,16H2,(H2,17,18,20,21). The topological polar surface area (TPSA) is 96.2 Å². The maximum Gasteiger partial charge on any atom is 0.337 e. The van der Waals surface area contributed by atoms with Crippen LogP contribution in [0.3, 0.4) is 0 Å². The molecule has 0 radical (unpaired) electrons. The molecule has 0 aliphatic rings. The van der Waals surface area contributed by atoms with E-state index in [1.807, 2.05) is 11.0 Å². The lowest BCUT2D eigenvalue weighted by Gasteiger charge is -2.10. The molecule has 3 amide bonds. The Bertz CT molecular complexity index is 676. The van der Waals surface area contributed by atoms with Crippen molar-refractivity contribution in [1.82, 2.24) is 16.3 Å². The molecule has 0 spiro atoms. The van der Waals surface area contributed by atoms with Gasteiger partial charge in [0, 0.05) is 5.56 Å². The molecule has 2 aromatic rings. The van der Waals surface area contributed by atoms with Crippen molar-refractivity contribution in [3.63, 3.8) is 0 Å². The number of hydrogen-bond acceptors (Lipinski definition) is 4.